The molecule has 0 radical (unpaired) electrons. The van der Waals surface area contributed by atoms with E-state index in [-0.39, 0.29) is 18.4 Å². The molecule has 0 fully saturated rings. The molecule has 1 atom stereocenters. The Morgan fingerprint density at radius 1 is 1.35 bits per heavy atom. The van der Waals surface area contributed by atoms with Gasteiger partial charge in [0.25, 0.3) is 0 Å². The Labute approximate surface area is 117 Å². The van der Waals surface area contributed by atoms with Crippen LogP contribution in [0.5, 0.6) is 0 Å². The summed E-state index contributed by atoms with van der Waals surface area (Å²) in [6, 6.07) is 0. The molecule has 0 saturated carbocycles. The van der Waals surface area contributed by atoms with Gasteiger partial charge in [0.15, 0.2) is 5.60 Å². The summed E-state index contributed by atoms with van der Waals surface area (Å²) < 4.78 is 0. The molecule has 1 unspecified atom stereocenters. The third-order valence-corrected chi connectivity index (χ3v) is 2.61. The van der Waals surface area contributed by atoms with Crippen molar-refractivity contribution in [3.05, 3.63) is 5.82 Å². The average Bonchev–Trinajstić information content (AvgIpc) is 2.35. The molecule has 8 heteroatoms. The molecule has 20 heavy (non-hydrogen) atoms. The molecular weight excluding hydrogens is 262 g/mol. The van der Waals surface area contributed by atoms with E-state index in [4.69, 9.17) is 5.11 Å². The van der Waals surface area contributed by atoms with Crippen molar-refractivity contribution in [1.82, 2.24) is 15.0 Å². The van der Waals surface area contributed by atoms with Gasteiger partial charge >= 0.3 is 5.97 Å². The van der Waals surface area contributed by atoms with Crippen LogP contribution in [0.3, 0.4) is 0 Å². The largest absolute Gasteiger partial charge is 0.479 e. The Kier molecular flexibility index (Phi) is 4.83. The number of hydrogen-bond donors (Lipinski definition) is 3. The summed E-state index contributed by atoms with van der Waals surface area (Å²) in [5.41, 5.74) is -1.89. The second kappa shape index (κ2) is 6.00. The molecule has 112 valence electrons. The molecule has 8 nitrogen and oxygen atoms in total. The molecule has 1 aromatic heterocycles. The monoisotopic (exact) mass is 283 g/mol. The lowest BCUT2D eigenvalue weighted by Crippen LogP contribution is -2.42. The van der Waals surface area contributed by atoms with Crippen molar-refractivity contribution in [3.63, 3.8) is 0 Å². The van der Waals surface area contributed by atoms with Crippen molar-refractivity contribution in [2.75, 3.05) is 30.9 Å². The van der Waals surface area contributed by atoms with Gasteiger partial charge in [0.1, 0.15) is 5.82 Å². The summed E-state index contributed by atoms with van der Waals surface area (Å²) in [4.78, 5) is 25.2. The van der Waals surface area contributed by atoms with Gasteiger partial charge in [-0.3, -0.25) is 0 Å². The fourth-order valence-electron chi connectivity index (χ4n) is 1.24. The molecule has 0 amide bonds. The number of aliphatic carboxylic acids is 1. The normalized spacial score (nSPS) is 13.9. The van der Waals surface area contributed by atoms with Gasteiger partial charge in [-0.1, -0.05) is 13.8 Å². The molecule has 0 aliphatic carbocycles. The molecule has 1 rings (SSSR count). The summed E-state index contributed by atoms with van der Waals surface area (Å²) >= 11 is 0. The zero-order valence-corrected chi connectivity index (χ0v) is 12.4. The number of anilines is 2. The molecule has 0 bridgehead atoms. The second-order valence-corrected chi connectivity index (χ2v) is 5.30. The number of rotatable bonds is 6. The highest BCUT2D eigenvalue weighted by Crippen LogP contribution is 2.15. The summed E-state index contributed by atoms with van der Waals surface area (Å²) in [7, 11) is 3.60. The predicted molar refractivity (Wildman–Crippen MR) is 75.0 cm³/mol. The van der Waals surface area contributed by atoms with Crippen molar-refractivity contribution in [3.8, 4) is 0 Å². The van der Waals surface area contributed by atoms with Gasteiger partial charge in [0.2, 0.25) is 11.9 Å². The van der Waals surface area contributed by atoms with E-state index in [1.165, 1.54) is 6.92 Å². The number of nitrogens with one attached hydrogen (secondary N) is 1. The minimum absolute atomic E-state index is 0.109. The van der Waals surface area contributed by atoms with Crippen LogP contribution in [-0.2, 0) is 4.79 Å². The number of carboxylic acids is 1. The minimum atomic E-state index is -1.89. The summed E-state index contributed by atoms with van der Waals surface area (Å²) in [6.45, 7) is 4.91. The van der Waals surface area contributed by atoms with E-state index in [9.17, 15) is 9.90 Å². The maximum Gasteiger partial charge on any atom is 0.337 e. The lowest BCUT2D eigenvalue weighted by atomic mass is 10.1. The first-order valence-electron chi connectivity index (χ1n) is 6.26. The van der Waals surface area contributed by atoms with E-state index in [1.54, 1.807) is 19.0 Å². The zero-order chi connectivity index (χ0) is 15.5. The highest BCUT2D eigenvalue weighted by atomic mass is 16.4. The lowest BCUT2D eigenvalue weighted by molar-refractivity contribution is -0.155. The number of carbonyl (C=O) groups is 1. The van der Waals surface area contributed by atoms with Gasteiger partial charge in [0.05, 0.1) is 6.54 Å². The van der Waals surface area contributed by atoms with Crippen LogP contribution in [-0.4, -0.2) is 57.4 Å². The molecule has 0 saturated heterocycles. The number of nitrogens with zero attached hydrogens (tertiary/aromatic N) is 4. The summed E-state index contributed by atoms with van der Waals surface area (Å²) in [5.74, 6) is 0.115. The van der Waals surface area contributed by atoms with Gasteiger partial charge in [-0.05, 0) is 6.92 Å². The van der Waals surface area contributed by atoms with Crippen LogP contribution in [0.15, 0.2) is 0 Å². The van der Waals surface area contributed by atoms with Gasteiger partial charge in [-0.15, -0.1) is 0 Å². The maximum absolute atomic E-state index is 10.8. The molecule has 1 heterocycles. The molecule has 0 aliphatic heterocycles. The maximum atomic E-state index is 10.8. The Hall–Kier alpha value is -1.96. The van der Waals surface area contributed by atoms with Crippen molar-refractivity contribution in [2.24, 2.45) is 0 Å². The summed E-state index contributed by atoms with van der Waals surface area (Å²) in [5, 5.41) is 21.3. The Balaban J connectivity index is 2.97. The first kappa shape index (κ1) is 16.1. The summed E-state index contributed by atoms with van der Waals surface area (Å²) in [6.07, 6.45) is 0. The van der Waals surface area contributed by atoms with E-state index in [0.29, 0.717) is 11.8 Å². The fourth-order valence-corrected chi connectivity index (χ4v) is 1.24. The van der Waals surface area contributed by atoms with E-state index >= 15 is 0 Å². The number of carboxylic acid groups (broad SMARTS) is 1. The van der Waals surface area contributed by atoms with Crippen LogP contribution in [0.25, 0.3) is 0 Å². The topological polar surface area (TPSA) is 111 Å². The molecule has 0 aliphatic rings. The predicted octanol–water partition coefficient (Wildman–Crippen LogP) is 0.308. The minimum Gasteiger partial charge on any atom is -0.479 e. The third kappa shape index (κ3) is 4.02. The Bertz CT molecular complexity index is 462. The standard InChI is InChI=1S/C12H21N5O3/c1-7(2)8-14-10(16-11(15-8)17(4)5)13-6-12(3,20)9(18)19/h7,20H,6H2,1-5H3,(H,18,19)(H,13,14,15,16). The van der Waals surface area contributed by atoms with Gasteiger partial charge in [-0.25, -0.2) is 4.79 Å². The average molecular weight is 283 g/mol. The highest BCUT2D eigenvalue weighted by Gasteiger charge is 2.30. The fraction of sp³-hybridized carbons (Fsp3) is 0.667. The lowest BCUT2D eigenvalue weighted by Gasteiger charge is -2.19. The molecule has 3 N–H and O–H groups in total. The van der Waals surface area contributed by atoms with Crippen molar-refractivity contribution in [1.29, 1.82) is 0 Å². The van der Waals surface area contributed by atoms with Crippen molar-refractivity contribution < 1.29 is 15.0 Å². The van der Waals surface area contributed by atoms with E-state index in [1.807, 2.05) is 13.8 Å². The van der Waals surface area contributed by atoms with Crippen molar-refractivity contribution >= 4 is 17.9 Å². The molecular formula is C12H21N5O3. The van der Waals surface area contributed by atoms with Gasteiger partial charge < -0.3 is 20.4 Å². The number of aliphatic hydroxyl groups is 1. The number of aromatic nitrogens is 3. The second-order valence-electron chi connectivity index (χ2n) is 5.30. The van der Waals surface area contributed by atoms with Gasteiger partial charge in [-0.2, -0.15) is 15.0 Å². The van der Waals surface area contributed by atoms with Gasteiger partial charge in [0, 0.05) is 20.0 Å². The molecule has 0 spiro atoms. The zero-order valence-electron chi connectivity index (χ0n) is 12.4. The van der Waals surface area contributed by atoms with Crippen LogP contribution < -0.4 is 10.2 Å². The van der Waals surface area contributed by atoms with E-state index in [0.717, 1.165) is 0 Å². The molecule has 1 aromatic rings. The number of hydrogen-bond acceptors (Lipinski definition) is 7. The van der Waals surface area contributed by atoms with E-state index < -0.39 is 11.6 Å². The first-order chi connectivity index (χ1) is 9.13. The van der Waals surface area contributed by atoms with Crippen molar-refractivity contribution in [2.45, 2.75) is 32.3 Å². The Morgan fingerprint density at radius 3 is 2.40 bits per heavy atom. The van der Waals surface area contributed by atoms with Crippen LogP contribution in [0.2, 0.25) is 0 Å². The van der Waals surface area contributed by atoms with Crippen LogP contribution in [0, 0.1) is 0 Å². The Morgan fingerprint density at radius 2 is 1.95 bits per heavy atom. The first-order valence-corrected chi connectivity index (χ1v) is 6.26. The smallest absolute Gasteiger partial charge is 0.337 e. The quantitative estimate of drug-likeness (QED) is 0.684. The highest BCUT2D eigenvalue weighted by molar-refractivity contribution is 5.77. The van der Waals surface area contributed by atoms with Crippen LogP contribution in [0.1, 0.15) is 32.5 Å². The van der Waals surface area contributed by atoms with E-state index in [2.05, 4.69) is 20.3 Å². The van der Waals surface area contributed by atoms with Crippen LogP contribution >= 0.6 is 0 Å². The third-order valence-electron chi connectivity index (χ3n) is 2.61. The van der Waals surface area contributed by atoms with Crippen LogP contribution in [0.4, 0.5) is 11.9 Å². The SMILES string of the molecule is CC(C)c1nc(NCC(C)(O)C(=O)O)nc(N(C)C)n1. The molecule has 0 aromatic carbocycles.